The van der Waals surface area contributed by atoms with E-state index in [0.29, 0.717) is 11.4 Å². The average Bonchev–Trinajstić information content (AvgIpc) is 2.37. The second kappa shape index (κ2) is 5.93. The van der Waals surface area contributed by atoms with Gasteiger partial charge in [-0.05, 0) is 46.6 Å². The summed E-state index contributed by atoms with van der Waals surface area (Å²) in [6.07, 6.45) is -0.0105. The molecule has 0 bridgehead atoms. The Hall–Kier alpha value is -1.75. The quantitative estimate of drug-likeness (QED) is 0.940. The Kier molecular flexibility index (Phi) is 4.27. The molecule has 1 aromatic heterocycles. The highest BCUT2D eigenvalue weighted by atomic mass is 79.9. The molecule has 19 heavy (non-hydrogen) atoms. The largest absolute Gasteiger partial charge is 0.310 e. The Morgan fingerprint density at radius 3 is 2.74 bits per heavy atom. The summed E-state index contributed by atoms with van der Waals surface area (Å²) >= 11 is 3.33. The maximum Gasteiger partial charge on any atom is 0.230 e. The number of rotatable bonds is 3. The summed E-state index contributed by atoms with van der Waals surface area (Å²) < 4.78 is 14.3. The molecule has 0 spiro atoms. The molecule has 0 fully saturated rings. The van der Waals surface area contributed by atoms with Crippen LogP contribution in [0.4, 0.5) is 10.2 Å². The zero-order chi connectivity index (χ0) is 13.8. The minimum absolute atomic E-state index is 0.0105. The highest BCUT2D eigenvalue weighted by molar-refractivity contribution is 9.10. The highest BCUT2D eigenvalue weighted by Gasteiger charge is 2.09. The summed E-state index contributed by atoms with van der Waals surface area (Å²) in [5.74, 6) is -0.209. The van der Waals surface area contributed by atoms with E-state index < -0.39 is 0 Å². The molecule has 1 aromatic carbocycles. The lowest BCUT2D eigenvalue weighted by Gasteiger charge is -2.06. The van der Waals surface area contributed by atoms with Gasteiger partial charge in [0.15, 0.2) is 0 Å². The predicted molar refractivity (Wildman–Crippen MR) is 75.4 cm³/mol. The van der Waals surface area contributed by atoms with Crippen molar-refractivity contribution >= 4 is 27.7 Å². The van der Waals surface area contributed by atoms with E-state index in [2.05, 4.69) is 26.2 Å². The molecule has 1 heterocycles. The van der Waals surface area contributed by atoms with Gasteiger partial charge in [0.05, 0.1) is 12.1 Å². The minimum Gasteiger partial charge on any atom is -0.310 e. The van der Waals surface area contributed by atoms with Crippen LogP contribution >= 0.6 is 15.9 Å². The first-order valence-electron chi connectivity index (χ1n) is 5.72. The Morgan fingerprint density at radius 2 is 2.05 bits per heavy atom. The molecule has 0 aliphatic heterocycles. The van der Waals surface area contributed by atoms with Crippen LogP contribution in [0.15, 0.2) is 40.9 Å². The van der Waals surface area contributed by atoms with E-state index in [0.717, 1.165) is 10.2 Å². The van der Waals surface area contributed by atoms with Gasteiger partial charge in [0.1, 0.15) is 11.6 Å². The second-order valence-corrected chi connectivity index (χ2v) is 4.93. The maximum atomic E-state index is 13.4. The van der Waals surface area contributed by atoms with Crippen LogP contribution in [0.25, 0.3) is 0 Å². The molecule has 0 aliphatic carbocycles. The molecule has 2 rings (SSSR count). The van der Waals surface area contributed by atoms with Crippen LogP contribution in [0.3, 0.4) is 0 Å². The number of hydrogen-bond donors (Lipinski definition) is 1. The molecule has 0 atom stereocenters. The van der Waals surface area contributed by atoms with E-state index in [1.807, 2.05) is 6.92 Å². The van der Waals surface area contributed by atoms with Crippen molar-refractivity contribution in [2.45, 2.75) is 13.3 Å². The normalized spacial score (nSPS) is 10.3. The number of anilines is 1. The predicted octanol–water partition coefficient (Wildman–Crippen LogP) is 3.47. The van der Waals surface area contributed by atoms with Gasteiger partial charge in [-0.1, -0.05) is 18.2 Å². The molecular weight excluding hydrogens is 311 g/mol. The Balaban J connectivity index is 2.05. The van der Waals surface area contributed by atoms with Gasteiger partial charge >= 0.3 is 0 Å². The molecule has 0 aliphatic rings. The zero-order valence-electron chi connectivity index (χ0n) is 10.3. The third kappa shape index (κ3) is 3.61. The van der Waals surface area contributed by atoms with Crippen molar-refractivity contribution < 1.29 is 9.18 Å². The topological polar surface area (TPSA) is 42.0 Å². The van der Waals surface area contributed by atoms with Gasteiger partial charge in [0.2, 0.25) is 5.91 Å². The third-order valence-corrected chi connectivity index (χ3v) is 3.44. The van der Waals surface area contributed by atoms with Crippen LogP contribution in [0.2, 0.25) is 0 Å². The highest BCUT2D eigenvalue weighted by Crippen LogP contribution is 2.16. The lowest BCUT2D eigenvalue weighted by atomic mass is 10.1. The van der Waals surface area contributed by atoms with Gasteiger partial charge in [-0.15, -0.1) is 0 Å². The lowest BCUT2D eigenvalue weighted by Crippen LogP contribution is -2.16. The first-order chi connectivity index (χ1) is 9.06. The first kappa shape index (κ1) is 13.7. The summed E-state index contributed by atoms with van der Waals surface area (Å²) in [5, 5.41) is 2.65. The van der Waals surface area contributed by atoms with Gasteiger partial charge in [-0.2, -0.15) is 0 Å². The van der Waals surface area contributed by atoms with Crippen LogP contribution in [-0.2, 0) is 11.2 Å². The van der Waals surface area contributed by atoms with Crippen molar-refractivity contribution in [1.29, 1.82) is 0 Å². The fraction of sp³-hybridized carbons (Fsp3) is 0.143. The van der Waals surface area contributed by atoms with Crippen molar-refractivity contribution in [2.75, 3.05) is 5.32 Å². The number of aromatic nitrogens is 1. The number of nitrogens with zero attached hydrogens (tertiary/aromatic N) is 1. The van der Waals surface area contributed by atoms with Crippen LogP contribution in [-0.4, -0.2) is 10.9 Å². The van der Waals surface area contributed by atoms with Gasteiger partial charge in [-0.3, -0.25) is 4.79 Å². The summed E-state index contributed by atoms with van der Waals surface area (Å²) in [6, 6.07) is 9.72. The summed E-state index contributed by atoms with van der Waals surface area (Å²) in [6.45, 7) is 1.83. The number of amides is 1. The van der Waals surface area contributed by atoms with E-state index in [9.17, 15) is 9.18 Å². The van der Waals surface area contributed by atoms with Crippen molar-refractivity contribution in [3.8, 4) is 0 Å². The molecule has 0 radical (unpaired) electrons. The molecule has 1 amide bonds. The number of carbonyl (C=O) groups excluding carboxylic acids is 1. The van der Waals surface area contributed by atoms with Gasteiger partial charge < -0.3 is 5.32 Å². The van der Waals surface area contributed by atoms with Crippen LogP contribution < -0.4 is 5.32 Å². The standard InChI is InChI=1S/C14H12BrFN2O/c1-9-11(15)6-7-13(17-9)18-14(19)8-10-4-2-3-5-12(10)16/h2-7H,8H2,1H3,(H,17,18,19). The Labute approximate surface area is 119 Å². The maximum absolute atomic E-state index is 13.4. The van der Waals surface area contributed by atoms with Crippen molar-refractivity contribution in [3.05, 3.63) is 57.9 Å². The average molecular weight is 323 g/mol. The molecular formula is C14H12BrFN2O. The number of nitrogens with one attached hydrogen (secondary N) is 1. The summed E-state index contributed by atoms with van der Waals surface area (Å²) in [4.78, 5) is 16.0. The van der Waals surface area contributed by atoms with Crippen LogP contribution in [0, 0.1) is 12.7 Å². The first-order valence-corrected chi connectivity index (χ1v) is 6.52. The van der Waals surface area contributed by atoms with Crippen molar-refractivity contribution in [1.82, 2.24) is 4.98 Å². The van der Waals surface area contributed by atoms with E-state index in [4.69, 9.17) is 0 Å². The number of pyridine rings is 1. The van der Waals surface area contributed by atoms with Gasteiger partial charge in [0, 0.05) is 4.47 Å². The fourth-order valence-electron chi connectivity index (χ4n) is 1.62. The lowest BCUT2D eigenvalue weighted by molar-refractivity contribution is -0.115. The zero-order valence-corrected chi connectivity index (χ0v) is 11.9. The Morgan fingerprint density at radius 1 is 1.32 bits per heavy atom. The minimum atomic E-state index is -0.377. The number of aryl methyl sites for hydroxylation is 1. The van der Waals surface area contributed by atoms with Crippen LogP contribution in [0.5, 0.6) is 0 Å². The summed E-state index contributed by atoms with van der Waals surface area (Å²) in [7, 11) is 0. The third-order valence-electron chi connectivity index (χ3n) is 2.60. The molecule has 0 unspecified atom stereocenters. The number of halogens is 2. The van der Waals surface area contributed by atoms with Crippen molar-refractivity contribution in [2.24, 2.45) is 0 Å². The monoisotopic (exact) mass is 322 g/mol. The fourth-order valence-corrected chi connectivity index (χ4v) is 1.84. The molecule has 0 saturated heterocycles. The number of hydrogen-bond acceptors (Lipinski definition) is 2. The molecule has 98 valence electrons. The van der Waals surface area contributed by atoms with Crippen LogP contribution in [0.1, 0.15) is 11.3 Å². The van der Waals surface area contributed by atoms with Crippen molar-refractivity contribution in [3.63, 3.8) is 0 Å². The van der Waals surface area contributed by atoms with E-state index in [1.165, 1.54) is 6.07 Å². The molecule has 2 aromatic rings. The SMILES string of the molecule is Cc1nc(NC(=O)Cc2ccccc2F)ccc1Br. The number of carbonyl (C=O) groups is 1. The molecule has 1 N–H and O–H groups in total. The molecule has 3 nitrogen and oxygen atoms in total. The van der Waals surface area contributed by atoms with Gasteiger partial charge in [0.25, 0.3) is 0 Å². The van der Waals surface area contributed by atoms with E-state index in [-0.39, 0.29) is 18.1 Å². The molecule has 0 saturated carbocycles. The van der Waals surface area contributed by atoms with Gasteiger partial charge in [-0.25, -0.2) is 9.37 Å². The van der Waals surface area contributed by atoms with E-state index >= 15 is 0 Å². The molecule has 5 heteroatoms. The second-order valence-electron chi connectivity index (χ2n) is 4.08. The Bertz CT molecular complexity index is 616. The summed E-state index contributed by atoms with van der Waals surface area (Å²) in [5.41, 5.74) is 1.15. The smallest absolute Gasteiger partial charge is 0.230 e. The van der Waals surface area contributed by atoms with E-state index in [1.54, 1.807) is 30.3 Å². The number of benzene rings is 1.